The van der Waals surface area contributed by atoms with Gasteiger partial charge in [-0.25, -0.2) is 4.39 Å². The second kappa shape index (κ2) is 7.75. The molecule has 1 atom stereocenters. The zero-order valence-electron chi connectivity index (χ0n) is 12.6. The van der Waals surface area contributed by atoms with Crippen LogP contribution in [0, 0.1) is 12.7 Å². The largest absolute Gasteiger partial charge is 0.491 e. The molecular formula is C17H19FN2OS. The Bertz CT molecular complexity index is 648. The fraction of sp³-hybridized carbons (Fsp3) is 0.235. The van der Waals surface area contributed by atoms with Crippen molar-refractivity contribution in [3.63, 3.8) is 0 Å². The van der Waals surface area contributed by atoms with Crippen LogP contribution in [0.5, 0.6) is 5.75 Å². The van der Waals surface area contributed by atoms with Gasteiger partial charge in [0.25, 0.3) is 0 Å². The van der Waals surface area contributed by atoms with E-state index in [0.717, 1.165) is 11.3 Å². The molecule has 116 valence electrons. The molecular weight excluding hydrogens is 299 g/mol. The van der Waals surface area contributed by atoms with Gasteiger partial charge >= 0.3 is 0 Å². The van der Waals surface area contributed by atoms with Crippen molar-refractivity contribution in [2.45, 2.75) is 19.9 Å². The smallest absolute Gasteiger partial charge is 0.171 e. The number of rotatable bonds is 5. The number of hydrogen-bond acceptors (Lipinski definition) is 2. The number of ether oxygens (including phenoxy) is 1. The normalized spacial score (nSPS) is 11.6. The van der Waals surface area contributed by atoms with E-state index in [1.54, 1.807) is 18.2 Å². The lowest BCUT2D eigenvalue weighted by Gasteiger charge is -2.18. The summed E-state index contributed by atoms with van der Waals surface area (Å²) < 4.78 is 19.3. The molecule has 0 saturated heterocycles. The first-order valence-electron chi connectivity index (χ1n) is 7.06. The molecule has 5 heteroatoms. The van der Waals surface area contributed by atoms with Gasteiger partial charge in [-0.2, -0.15) is 0 Å². The molecule has 0 aliphatic heterocycles. The summed E-state index contributed by atoms with van der Waals surface area (Å²) in [6.45, 7) is 4.41. The van der Waals surface area contributed by atoms with Gasteiger partial charge in [-0.3, -0.25) is 0 Å². The molecule has 0 heterocycles. The fourth-order valence-electron chi connectivity index (χ4n) is 1.92. The summed E-state index contributed by atoms with van der Waals surface area (Å²) in [6, 6.07) is 14.2. The molecule has 2 N–H and O–H groups in total. The van der Waals surface area contributed by atoms with Gasteiger partial charge in [-0.1, -0.05) is 30.3 Å². The molecule has 2 rings (SSSR count). The molecule has 0 aliphatic carbocycles. The Morgan fingerprint density at radius 3 is 2.59 bits per heavy atom. The van der Waals surface area contributed by atoms with Crippen molar-refractivity contribution in [3.8, 4) is 5.75 Å². The van der Waals surface area contributed by atoms with E-state index in [9.17, 15) is 4.39 Å². The molecule has 2 aromatic rings. The van der Waals surface area contributed by atoms with Crippen molar-refractivity contribution in [3.05, 3.63) is 59.9 Å². The highest BCUT2D eigenvalue weighted by molar-refractivity contribution is 7.80. The van der Waals surface area contributed by atoms with Crippen molar-refractivity contribution in [1.29, 1.82) is 0 Å². The minimum absolute atomic E-state index is 0.00798. The number of para-hydroxylation sites is 2. The van der Waals surface area contributed by atoms with Gasteiger partial charge in [0, 0.05) is 0 Å². The molecule has 0 spiro atoms. The predicted molar refractivity (Wildman–Crippen MR) is 91.9 cm³/mol. The quantitative estimate of drug-likeness (QED) is 0.820. The first-order valence-corrected chi connectivity index (χ1v) is 7.47. The van der Waals surface area contributed by atoms with Crippen LogP contribution >= 0.6 is 12.2 Å². The highest BCUT2D eigenvalue weighted by Gasteiger charge is 2.08. The fourth-order valence-corrected chi connectivity index (χ4v) is 2.23. The number of hydrogen-bond donors (Lipinski definition) is 2. The van der Waals surface area contributed by atoms with E-state index >= 15 is 0 Å². The van der Waals surface area contributed by atoms with Crippen LogP contribution in [0.15, 0.2) is 48.5 Å². The molecule has 0 radical (unpaired) electrons. The van der Waals surface area contributed by atoms with E-state index in [0.29, 0.717) is 17.4 Å². The Hall–Kier alpha value is -2.14. The van der Waals surface area contributed by atoms with E-state index in [2.05, 4.69) is 10.6 Å². The standard InChI is InChI=1S/C17H19FN2OS/c1-12-7-3-6-10-16(12)21-11-13(2)19-17(22)20-15-9-5-4-8-14(15)18/h3-10,13H,11H2,1-2H3,(H2,19,20,22)/t13-/m0/s1. The van der Waals surface area contributed by atoms with Crippen LogP contribution in [0.2, 0.25) is 0 Å². The zero-order chi connectivity index (χ0) is 15.9. The van der Waals surface area contributed by atoms with Crippen LogP contribution in [0.4, 0.5) is 10.1 Å². The van der Waals surface area contributed by atoms with E-state index < -0.39 is 0 Å². The number of benzene rings is 2. The minimum atomic E-state index is -0.338. The first kappa shape index (κ1) is 16.2. The lowest BCUT2D eigenvalue weighted by molar-refractivity contribution is 0.285. The average molecular weight is 318 g/mol. The summed E-state index contributed by atoms with van der Waals surface area (Å²) in [5, 5.41) is 6.28. The molecule has 0 unspecified atom stereocenters. The lowest BCUT2D eigenvalue weighted by Crippen LogP contribution is -2.39. The molecule has 0 aromatic heterocycles. The highest BCUT2D eigenvalue weighted by atomic mass is 32.1. The van der Waals surface area contributed by atoms with E-state index in [1.807, 2.05) is 38.1 Å². The van der Waals surface area contributed by atoms with Gasteiger partial charge < -0.3 is 15.4 Å². The van der Waals surface area contributed by atoms with Crippen molar-refractivity contribution in [1.82, 2.24) is 5.32 Å². The van der Waals surface area contributed by atoms with Gasteiger partial charge in [0.1, 0.15) is 18.2 Å². The molecule has 0 saturated carbocycles. The molecule has 0 amide bonds. The van der Waals surface area contributed by atoms with Crippen LogP contribution in [0.25, 0.3) is 0 Å². The van der Waals surface area contributed by atoms with Crippen LogP contribution in [-0.4, -0.2) is 17.8 Å². The van der Waals surface area contributed by atoms with Crippen molar-refractivity contribution in [2.24, 2.45) is 0 Å². The third kappa shape index (κ3) is 4.70. The number of thiocarbonyl (C=S) groups is 1. The van der Waals surface area contributed by atoms with Crippen LogP contribution < -0.4 is 15.4 Å². The van der Waals surface area contributed by atoms with Gasteiger partial charge in [0.2, 0.25) is 0 Å². The molecule has 3 nitrogen and oxygen atoms in total. The van der Waals surface area contributed by atoms with E-state index in [4.69, 9.17) is 17.0 Å². The summed E-state index contributed by atoms with van der Waals surface area (Å²) in [4.78, 5) is 0. The number of anilines is 1. The average Bonchev–Trinajstić information content (AvgIpc) is 2.49. The summed E-state index contributed by atoms with van der Waals surface area (Å²) in [5.74, 6) is 0.514. The van der Waals surface area contributed by atoms with Crippen molar-refractivity contribution < 1.29 is 9.13 Å². The summed E-state index contributed by atoms with van der Waals surface area (Å²) in [6.07, 6.45) is 0. The summed E-state index contributed by atoms with van der Waals surface area (Å²) in [7, 11) is 0. The second-order valence-electron chi connectivity index (χ2n) is 5.06. The SMILES string of the molecule is Cc1ccccc1OC[C@H](C)NC(=S)Nc1ccccc1F. The molecule has 0 bridgehead atoms. The van der Waals surface area contributed by atoms with Gasteiger partial charge in [0.15, 0.2) is 5.11 Å². The molecule has 0 aliphatic rings. The third-order valence-corrected chi connectivity index (χ3v) is 3.30. The predicted octanol–water partition coefficient (Wildman–Crippen LogP) is 3.89. The maximum atomic E-state index is 13.5. The Morgan fingerprint density at radius 2 is 1.86 bits per heavy atom. The molecule has 2 aromatic carbocycles. The van der Waals surface area contributed by atoms with Gasteiger partial charge in [-0.05, 0) is 49.8 Å². The lowest BCUT2D eigenvalue weighted by atomic mass is 10.2. The Morgan fingerprint density at radius 1 is 1.18 bits per heavy atom. The summed E-state index contributed by atoms with van der Waals surface area (Å²) in [5.41, 5.74) is 1.44. The number of halogens is 1. The third-order valence-electron chi connectivity index (χ3n) is 3.08. The van der Waals surface area contributed by atoms with Crippen molar-refractivity contribution >= 4 is 23.0 Å². The van der Waals surface area contributed by atoms with Crippen LogP contribution in [0.3, 0.4) is 0 Å². The Kier molecular flexibility index (Phi) is 5.72. The maximum absolute atomic E-state index is 13.5. The topological polar surface area (TPSA) is 33.3 Å². The van der Waals surface area contributed by atoms with Gasteiger partial charge in [-0.15, -0.1) is 0 Å². The number of aryl methyl sites for hydroxylation is 1. The first-order chi connectivity index (χ1) is 10.6. The van der Waals surface area contributed by atoms with Crippen LogP contribution in [-0.2, 0) is 0 Å². The Balaban J connectivity index is 1.82. The van der Waals surface area contributed by atoms with Crippen LogP contribution in [0.1, 0.15) is 12.5 Å². The maximum Gasteiger partial charge on any atom is 0.171 e. The highest BCUT2D eigenvalue weighted by Crippen LogP contribution is 2.16. The van der Waals surface area contributed by atoms with E-state index in [1.165, 1.54) is 6.07 Å². The Labute approximate surface area is 135 Å². The molecule has 22 heavy (non-hydrogen) atoms. The van der Waals surface area contributed by atoms with Crippen molar-refractivity contribution in [2.75, 3.05) is 11.9 Å². The molecule has 0 fully saturated rings. The number of nitrogens with one attached hydrogen (secondary N) is 2. The van der Waals surface area contributed by atoms with E-state index in [-0.39, 0.29) is 11.9 Å². The van der Waals surface area contributed by atoms with Gasteiger partial charge in [0.05, 0.1) is 11.7 Å². The summed E-state index contributed by atoms with van der Waals surface area (Å²) >= 11 is 5.18. The minimum Gasteiger partial charge on any atom is -0.491 e. The second-order valence-corrected chi connectivity index (χ2v) is 5.46. The monoisotopic (exact) mass is 318 g/mol. The zero-order valence-corrected chi connectivity index (χ0v) is 13.4.